The highest BCUT2D eigenvalue weighted by atomic mass is 16.5. The topological polar surface area (TPSA) is 91.2 Å². The number of ether oxygens (including phenoxy) is 1. The number of hydrogen-bond donors (Lipinski definition) is 1. The van der Waals surface area contributed by atoms with Crippen LogP contribution in [-0.4, -0.2) is 29.3 Å². The first-order valence-electron chi connectivity index (χ1n) is 3.79. The Hall–Kier alpha value is -1.43. The lowest BCUT2D eigenvalue weighted by Gasteiger charge is -1.97. The van der Waals surface area contributed by atoms with Gasteiger partial charge < -0.3 is 14.9 Å². The van der Waals surface area contributed by atoms with Crippen LogP contribution >= 0.6 is 0 Å². The van der Waals surface area contributed by atoms with E-state index in [0.29, 0.717) is 12.3 Å². The SMILES string of the molecule is COC(=O)c1nnc(CC(C)N)o1. The number of nitrogens with two attached hydrogens (primary N) is 1. The van der Waals surface area contributed by atoms with E-state index in [-0.39, 0.29) is 11.9 Å². The Morgan fingerprint density at radius 2 is 2.38 bits per heavy atom. The number of carbonyl (C=O) groups is 1. The van der Waals surface area contributed by atoms with Crippen LogP contribution in [0.3, 0.4) is 0 Å². The first kappa shape index (κ1) is 9.66. The van der Waals surface area contributed by atoms with Gasteiger partial charge in [0.1, 0.15) is 0 Å². The van der Waals surface area contributed by atoms with Gasteiger partial charge in [-0.05, 0) is 6.92 Å². The van der Waals surface area contributed by atoms with Crippen LogP contribution in [0.4, 0.5) is 0 Å². The first-order valence-corrected chi connectivity index (χ1v) is 3.79. The molecule has 1 heterocycles. The Labute approximate surface area is 75.1 Å². The zero-order valence-electron chi connectivity index (χ0n) is 7.48. The van der Waals surface area contributed by atoms with Crippen molar-refractivity contribution in [1.82, 2.24) is 10.2 Å². The molecule has 1 aromatic heterocycles. The van der Waals surface area contributed by atoms with Crippen molar-refractivity contribution in [1.29, 1.82) is 0 Å². The van der Waals surface area contributed by atoms with Gasteiger partial charge in [-0.1, -0.05) is 0 Å². The maximum Gasteiger partial charge on any atom is 0.396 e. The summed E-state index contributed by atoms with van der Waals surface area (Å²) in [5, 5.41) is 7.12. The van der Waals surface area contributed by atoms with E-state index in [1.807, 2.05) is 6.92 Å². The number of carbonyl (C=O) groups excluding carboxylic acids is 1. The highest BCUT2D eigenvalue weighted by molar-refractivity contribution is 5.83. The van der Waals surface area contributed by atoms with Crippen LogP contribution in [0.25, 0.3) is 0 Å². The molecule has 0 fully saturated rings. The standard InChI is InChI=1S/C7H11N3O3/c1-4(8)3-5-9-10-6(13-5)7(11)12-2/h4H,3,8H2,1-2H3. The van der Waals surface area contributed by atoms with Gasteiger partial charge >= 0.3 is 11.9 Å². The molecule has 0 bridgehead atoms. The summed E-state index contributed by atoms with van der Waals surface area (Å²) in [5.74, 6) is -0.433. The fourth-order valence-electron chi connectivity index (χ4n) is 0.781. The highest BCUT2D eigenvalue weighted by Gasteiger charge is 2.15. The summed E-state index contributed by atoms with van der Waals surface area (Å²) in [7, 11) is 1.25. The molecule has 6 nitrogen and oxygen atoms in total. The van der Waals surface area contributed by atoms with Crippen molar-refractivity contribution in [2.24, 2.45) is 5.73 Å². The van der Waals surface area contributed by atoms with Crippen LogP contribution in [-0.2, 0) is 11.2 Å². The van der Waals surface area contributed by atoms with E-state index in [0.717, 1.165) is 0 Å². The summed E-state index contributed by atoms with van der Waals surface area (Å²) >= 11 is 0. The summed E-state index contributed by atoms with van der Waals surface area (Å²) in [4.78, 5) is 10.9. The van der Waals surface area contributed by atoms with Crippen LogP contribution < -0.4 is 5.73 Å². The smallest absolute Gasteiger partial charge is 0.396 e. The third-order valence-corrected chi connectivity index (χ3v) is 1.32. The monoisotopic (exact) mass is 185 g/mol. The van der Waals surface area contributed by atoms with Crippen molar-refractivity contribution in [3.05, 3.63) is 11.8 Å². The van der Waals surface area contributed by atoms with Crippen molar-refractivity contribution in [2.45, 2.75) is 19.4 Å². The zero-order chi connectivity index (χ0) is 9.84. The van der Waals surface area contributed by atoms with Gasteiger partial charge in [-0.3, -0.25) is 0 Å². The molecule has 0 aliphatic heterocycles. The molecule has 6 heteroatoms. The van der Waals surface area contributed by atoms with Crippen LogP contribution in [0.15, 0.2) is 4.42 Å². The molecule has 0 aliphatic carbocycles. The molecule has 0 aliphatic rings. The molecule has 0 amide bonds. The molecule has 0 saturated heterocycles. The van der Waals surface area contributed by atoms with E-state index in [1.165, 1.54) is 7.11 Å². The van der Waals surface area contributed by atoms with Gasteiger partial charge in [-0.2, -0.15) is 0 Å². The number of hydrogen-bond acceptors (Lipinski definition) is 6. The predicted octanol–water partition coefficient (Wildman–Crippen LogP) is -0.254. The Morgan fingerprint density at radius 1 is 1.69 bits per heavy atom. The number of methoxy groups -OCH3 is 1. The lowest BCUT2D eigenvalue weighted by atomic mass is 10.2. The minimum absolute atomic E-state index is 0.0778. The van der Waals surface area contributed by atoms with E-state index in [2.05, 4.69) is 14.9 Å². The summed E-state index contributed by atoms with van der Waals surface area (Å²) in [6, 6.07) is -0.0778. The molecule has 1 rings (SSSR count). The Morgan fingerprint density at radius 3 is 2.92 bits per heavy atom. The van der Waals surface area contributed by atoms with E-state index >= 15 is 0 Å². The lowest BCUT2D eigenvalue weighted by Crippen LogP contribution is -2.17. The average molecular weight is 185 g/mol. The quantitative estimate of drug-likeness (QED) is 0.652. The maximum absolute atomic E-state index is 10.9. The molecule has 2 N–H and O–H groups in total. The predicted molar refractivity (Wildman–Crippen MR) is 43.0 cm³/mol. The number of rotatable bonds is 3. The fourth-order valence-corrected chi connectivity index (χ4v) is 0.781. The molecule has 0 radical (unpaired) electrons. The lowest BCUT2D eigenvalue weighted by molar-refractivity contribution is 0.0553. The highest BCUT2D eigenvalue weighted by Crippen LogP contribution is 2.02. The van der Waals surface area contributed by atoms with Crippen molar-refractivity contribution in [2.75, 3.05) is 7.11 Å². The number of aromatic nitrogens is 2. The van der Waals surface area contributed by atoms with E-state index < -0.39 is 5.97 Å². The van der Waals surface area contributed by atoms with Gasteiger partial charge in [0.25, 0.3) is 0 Å². The number of esters is 1. The Kier molecular flexibility index (Phi) is 2.97. The van der Waals surface area contributed by atoms with E-state index in [4.69, 9.17) is 10.2 Å². The van der Waals surface area contributed by atoms with Crippen molar-refractivity contribution in [3.63, 3.8) is 0 Å². The molecule has 1 unspecified atom stereocenters. The molecule has 1 atom stereocenters. The molecule has 1 aromatic rings. The van der Waals surface area contributed by atoms with E-state index in [9.17, 15) is 4.79 Å². The number of nitrogens with zero attached hydrogens (tertiary/aromatic N) is 2. The molecular formula is C7H11N3O3. The molecule has 72 valence electrons. The van der Waals surface area contributed by atoms with Crippen molar-refractivity contribution < 1.29 is 13.9 Å². The van der Waals surface area contributed by atoms with Crippen molar-refractivity contribution in [3.8, 4) is 0 Å². The van der Waals surface area contributed by atoms with Crippen LogP contribution in [0.5, 0.6) is 0 Å². The van der Waals surface area contributed by atoms with Crippen LogP contribution in [0.1, 0.15) is 23.5 Å². The van der Waals surface area contributed by atoms with Crippen molar-refractivity contribution >= 4 is 5.97 Å². The van der Waals surface area contributed by atoms with Crippen LogP contribution in [0, 0.1) is 0 Å². The van der Waals surface area contributed by atoms with Gasteiger partial charge in [-0.15, -0.1) is 10.2 Å². The zero-order valence-corrected chi connectivity index (χ0v) is 7.48. The van der Waals surface area contributed by atoms with Gasteiger partial charge in [0.2, 0.25) is 5.89 Å². The Balaban J connectivity index is 2.69. The summed E-state index contributed by atoms with van der Waals surface area (Å²) < 4.78 is 9.36. The largest absolute Gasteiger partial charge is 0.462 e. The second-order valence-electron chi connectivity index (χ2n) is 2.67. The van der Waals surface area contributed by atoms with Gasteiger partial charge in [0, 0.05) is 12.5 Å². The first-order chi connectivity index (χ1) is 6.13. The minimum Gasteiger partial charge on any atom is -0.462 e. The normalized spacial score (nSPS) is 12.5. The summed E-state index contributed by atoms with van der Waals surface area (Å²) in [5.41, 5.74) is 5.50. The van der Waals surface area contributed by atoms with Crippen LogP contribution in [0.2, 0.25) is 0 Å². The third-order valence-electron chi connectivity index (χ3n) is 1.32. The maximum atomic E-state index is 10.9. The third kappa shape index (κ3) is 2.51. The van der Waals surface area contributed by atoms with Gasteiger partial charge in [0.05, 0.1) is 7.11 Å². The van der Waals surface area contributed by atoms with Gasteiger partial charge in [0.15, 0.2) is 0 Å². The second-order valence-corrected chi connectivity index (χ2v) is 2.67. The molecule has 0 aromatic carbocycles. The molecule has 13 heavy (non-hydrogen) atoms. The summed E-state index contributed by atoms with van der Waals surface area (Å²) in [6.45, 7) is 1.81. The molecule has 0 spiro atoms. The van der Waals surface area contributed by atoms with E-state index in [1.54, 1.807) is 0 Å². The minimum atomic E-state index is -0.636. The second kappa shape index (κ2) is 3.99. The van der Waals surface area contributed by atoms with Gasteiger partial charge in [-0.25, -0.2) is 4.79 Å². The molecular weight excluding hydrogens is 174 g/mol. The molecule has 0 saturated carbocycles. The Bertz CT molecular complexity index is 295. The summed E-state index contributed by atoms with van der Waals surface area (Å²) in [6.07, 6.45) is 0.448. The average Bonchev–Trinajstić information content (AvgIpc) is 2.50. The fraction of sp³-hybridized carbons (Fsp3) is 0.571.